The van der Waals surface area contributed by atoms with Crippen LogP contribution in [0.15, 0.2) is 48.7 Å². The minimum atomic E-state index is -1.21. The summed E-state index contributed by atoms with van der Waals surface area (Å²) in [5.41, 5.74) is 0.740. The van der Waals surface area contributed by atoms with Gasteiger partial charge in [0.25, 0.3) is 0 Å². The molecule has 1 aliphatic heterocycles. The molecule has 1 aliphatic rings. The number of ether oxygens (including phenoxy) is 1. The second-order valence-electron chi connectivity index (χ2n) is 7.55. The molecule has 4 rings (SSSR count). The number of hydrogen-bond acceptors (Lipinski definition) is 3. The number of aromatic nitrogens is 1. The number of hydrogen-bond donors (Lipinski definition) is 2. The zero-order valence-electron chi connectivity index (χ0n) is 16.1. The van der Waals surface area contributed by atoms with Crippen LogP contribution < -0.4 is 15.4 Å². The lowest BCUT2D eigenvalue weighted by molar-refractivity contribution is 0.0223. The number of carbonyl (C=O) groups is 1. The highest BCUT2D eigenvalue weighted by Crippen LogP contribution is 2.41. The van der Waals surface area contributed by atoms with Gasteiger partial charge in [0.1, 0.15) is 12.3 Å². The predicted molar refractivity (Wildman–Crippen MR) is 107 cm³/mol. The van der Waals surface area contributed by atoms with Crippen LogP contribution in [0.1, 0.15) is 30.6 Å². The van der Waals surface area contributed by atoms with E-state index in [0.29, 0.717) is 11.3 Å². The van der Waals surface area contributed by atoms with Gasteiger partial charge in [-0.2, -0.15) is 0 Å². The summed E-state index contributed by atoms with van der Waals surface area (Å²) in [7, 11) is 0. The molecule has 2 N–H and O–H groups in total. The van der Waals surface area contributed by atoms with Crippen molar-refractivity contribution in [1.82, 2.24) is 10.3 Å². The van der Waals surface area contributed by atoms with Gasteiger partial charge in [0.2, 0.25) is 0 Å². The number of nitrogens with zero attached hydrogens (tertiary/aromatic N) is 1. The summed E-state index contributed by atoms with van der Waals surface area (Å²) in [5.74, 6) is -0.595. The van der Waals surface area contributed by atoms with Crippen molar-refractivity contribution < 1.29 is 18.3 Å². The van der Waals surface area contributed by atoms with Gasteiger partial charge in [-0.05, 0) is 32.0 Å². The monoisotopic (exact) mass is 397 g/mol. The van der Waals surface area contributed by atoms with E-state index >= 15 is 0 Å². The molecule has 2 unspecified atom stereocenters. The molecule has 7 heteroatoms. The Morgan fingerprint density at radius 2 is 2.10 bits per heavy atom. The molecule has 0 radical (unpaired) electrons. The molecule has 0 saturated carbocycles. The van der Waals surface area contributed by atoms with E-state index in [4.69, 9.17) is 4.74 Å². The lowest BCUT2D eigenvalue weighted by atomic mass is 9.89. The van der Waals surface area contributed by atoms with Crippen LogP contribution >= 0.6 is 0 Å². The molecule has 3 aromatic rings. The topological polar surface area (TPSA) is 63.2 Å². The normalized spacial score (nSPS) is 20.6. The van der Waals surface area contributed by atoms with Gasteiger partial charge < -0.3 is 15.4 Å². The minimum Gasteiger partial charge on any atom is -0.481 e. The van der Waals surface area contributed by atoms with Gasteiger partial charge in [0.15, 0.2) is 11.6 Å². The number of amides is 2. The van der Waals surface area contributed by atoms with Crippen LogP contribution in [0, 0.1) is 12.7 Å². The van der Waals surface area contributed by atoms with E-state index in [9.17, 15) is 13.6 Å². The molecule has 0 bridgehead atoms. The molecule has 0 spiro atoms. The van der Waals surface area contributed by atoms with Gasteiger partial charge in [0.05, 0.1) is 11.7 Å². The maximum Gasteiger partial charge on any atom is 0.319 e. The quantitative estimate of drug-likeness (QED) is 0.650. The maximum atomic E-state index is 14.2. The molecule has 5 nitrogen and oxygen atoms in total. The van der Waals surface area contributed by atoms with E-state index in [1.54, 1.807) is 31.3 Å². The van der Waals surface area contributed by atoms with Crippen LogP contribution in [-0.2, 0) is 0 Å². The number of benzene rings is 2. The largest absolute Gasteiger partial charge is 0.481 e. The van der Waals surface area contributed by atoms with E-state index < -0.39 is 30.2 Å². The van der Waals surface area contributed by atoms with Gasteiger partial charge in [-0.15, -0.1) is 0 Å². The summed E-state index contributed by atoms with van der Waals surface area (Å²) in [4.78, 5) is 17.0. The third kappa shape index (κ3) is 3.72. The molecule has 0 fully saturated rings. The first-order chi connectivity index (χ1) is 13.9. The van der Waals surface area contributed by atoms with Crippen molar-refractivity contribution in [2.75, 3.05) is 12.0 Å². The number of carbonyl (C=O) groups excluding carboxylic acids is 1. The standard InChI is InChI=1S/C22H21F2N3O2/c1-13-9-16-14(11-25-13)5-3-8-18(16)26-21(28)27-19-10-22(2,12-23)29-20-15(19)6-4-7-17(20)24/h3-9,11,19H,10,12H2,1-2H3,(H2,26,27,28). The summed E-state index contributed by atoms with van der Waals surface area (Å²) in [6.45, 7) is 2.65. The number of fused-ring (bicyclic) bond motifs is 2. The average molecular weight is 397 g/mol. The number of nitrogens with one attached hydrogen (secondary N) is 2. The Morgan fingerprint density at radius 1 is 1.31 bits per heavy atom. The molecule has 0 aliphatic carbocycles. The molecule has 2 atom stereocenters. The Balaban J connectivity index is 1.61. The van der Waals surface area contributed by atoms with Crippen LogP contribution in [0.25, 0.3) is 10.8 Å². The van der Waals surface area contributed by atoms with Crippen molar-refractivity contribution >= 4 is 22.5 Å². The van der Waals surface area contributed by atoms with Gasteiger partial charge >= 0.3 is 6.03 Å². The number of urea groups is 1. The smallest absolute Gasteiger partial charge is 0.319 e. The Morgan fingerprint density at radius 3 is 2.90 bits per heavy atom. The van der Waals surface area contributed by atoms with Crippen LogP contribution in [-0.4, -0.2) is 23.3 Å². The third-order valence-electron chi connectivity index (χ3n) is 5.09. The molecule has 2 aromatic carbocycles. The predicted octanol–water partition coefficient (Wildman–Crippen LogP) is 5.06. The number of aryl methyl sites for hydroxylation is 1. The highest BCUT2D eigenvalue weighted by atomic mass is 19.1. The van der Waals surface area contributed by atoms with Crippen molar-refractivity contribution in [1.29, 1.82) is 0 Å². The fourth-order valence-electron chi connectivity index (χ4n) is 3.65. The van der Waals surface area contributed by atoms with E-state index in [1.807, 2.05) is 25.1 Å². The summed E-state index contributed by atoms with van der Waals surface area (Å²) in [6, 6.07) is 10.9. The van der Waals surface area contributed by atoms with Crippen LogP contribution in [0.4, 0.5) is 19.3 Å². The van der Waals surface area contributed by atoms with Crippen molar-refractivity contribution in [2.24, 2.45) is 0 Å². The molecule has 1 aromatic heterocycles. The Kier molecular flexibility index (Phi) is 4.82. The third-order valence-corrected chi connectivity index (χ3v) is 5.09. The van der Waals surface area contributed by atoms with Gasteiger partial charge in [-0.3, -0.25) is 4.98 Å². The number of rotatable bonds is 3. The highest BCUT2D eigenvalue weighted by Gasteiger charge is 2.39. The number of halogens is 2. The second-order valence-corrected chi connectivity index (χ2v) is 7.55. The van der Waals surface area contributed by atoms with Crippen molar-refractivity contribution in [3.63, 3.8) is 0 Å². The zero-order valence-corrected chi connectivity index (χ0v) is 16.1. The van der Waals surface area contributed by atoms with E-state index in [1.165, 1.54) is 6.07 Å². The zero-order chi connectivity index (χ0) is 20.6. The van der Waals surface area contributed by atoms with E-state index in [-0.39, 0.29) is 12.2 Å². The molecular weight excluding hydrogens is 376 g/mol. The summed E-state index contributed by atoms with van der Waals surface area (Å²) in [6.07, 6.45) is 1.93. The SMILES string of the molecule is Cc1cc2c(NC(=O)NC3CC(C)(CF)Oc4c(F)cccc43)cccc2cn1. The fraction of sp³-hybridized carbons (Fsp3) is 0.273. The van der Waals surface area contributed by atoms with Crippen molar-refractivity contribution in [2.45, 2.75) is 31.9 Å². The van der Waals surface area contributed by atoms with Crippen LogP contribution in [0.5, 0.6) is 5.75 Å². The van der Waals surface area contributed by atoms with Crippen LogP contribution in [0.2, 0.25) is 0 Å². The Hall–Kier alpha value is -3.22. The van der Waals surface area contributed by atoms with Crippen molar-refractivity contribution in [3.8, 4) is 5.75 Å². The van der Waals surface area contributed by atoms with E-state index in [0.717, 1.165) is 16.5 Å². The summed E-state index contributed by atoms with van der Waals surface area (Å²) in [5, 5.41) is 7.45. The average Bonchev–Trinajstić information content (AvgIpc) is 2.69. The number of alkyl halides is 1. The van der Waals surface area contributed by atoms with Crippen LogP contribution in [0.3, 0.4) is 0 Å². The first-order valence-electron chi connectivity index (χ1n) is 9.35. The second kappa shape index (κ2) is 7.31. The summed E-state index contributed by atoms with van der Waals surface area (Å²) < 4.78 is 33.4. The first kappa shape index (κ1) is 19.1. The number of anilines is 1. The molecule has 2 amide bonds. The maximum absolute atomic E-state index is 14.2. The molecule has 0 saturated heterocycles. The molecule has 2 heterocycles. The Bertz CT molecular complexity index is 1090. The van der Waals surface area contributed by atoms with E-state index in [2.05, 4.69) is 15.6 Å². The number of para-hydroxylation sites is 1. The summed E-state index contributed by atoms with van der Waals surface area (Å²) >= 11 is 0. The van der Waals surface area contributed by atoms with Gasteiger partial charge in [-0.1, -0.05) is 24.3 Å². The van der Waals surface area contributed by atoms with Crippen molar-refractivity contribution in [3.05, 3.63) is 65.7 Å². The molecule has 29 heavy (non-hydrogen) atoms. The molecule has 150 valence electrons. The van der Waals surface area contributed by atoms with Gasteiger partial charge in [-0.25, -0.2) is 13.6 Å². The molecular formula is C22H21F2N3O2. The highest BCUT2D eigenvalue weighted by molar-refractivity contribution is 6.01. The first-order valence-corrected chi connectivity index (χ1v) is 9.35. The van der Waals surface area contributed by atoms with Gasteiger partial charge in [0, 0.05) is 34.6 Å². The lowest BCUT2D eigenvalue weighted by Crippen LogP contribution is -2.45. The Labute approximate surface area is 167 Å². The lowest BCUT2D eigenvalue weighted by Gasteiger charge is -2.38. The number of pyridine rings is 1. The fourth-order valence-corrected chi connectivity index (χ4v) is 3.65. The minimum absolute atomic E-state index is 0.0175.